The molecule has 1 N–H and O–H groups in total. The van der Waals surface area contributed by atoms with E-state index in [0.29, 0.717) is 11.1 Å². The number of aliphatic hydroxyl groups is 1. The number of aliphatic hydroxyl groups excluding tert-OH is 1. The SMILES string of the molecule is C/C=C/C=C/C1=C([C@@H](C)O)COC1=O. The van der Waals surface area contributed by atoms with Crippen LogP contribution in [0.25, 0.3) is 0 Å². The summed E-state index contributed by atoms with van der Waals surface area (Å²) in [5.41, 5.74) is 1.12. The van der Waals surface area contributed by atoms with Crippen LogP contribution in [0.15, 0.2) is 35.5 Å². The normalized spacial score (nSPS) is 19.8. The van der Waals surface area contributed by atoms with E-state index in [4.69, 9.17) is 4.74 Å². The summed E-state index contributed by atoms with van der Waals surface area (Å²) in [7, 11) is 0. The molecule has 0 radical (unpaired) electrons. The summed E-state index contributed by atoms with van der Waals surface area (Å²) >= 11 is 0. The lowest BCUT2D eigenvalue weighted by atomic mass is 10.1. The quantitative estimate of drug-likeness (QED) is 0.545. The number of carbonyl (C=O) groups excluding carboxylic acids is 1. The summed E-state index contributed by atoms with van der Waals surface area (Å²) in [6.45, 7) is 3.72. The fraction of sp³-hybridized carbons (Fsp3) is 0.364. The molecule has 1 atom stereocenters. The lowest BCUT2D eigenvalue weighted by Gasteiger charge is -2.02. The van der Waals surface area contributed by atoms with Crippen molar-refractivity contribution in [3.63, 3.8) is 0 Å². The van der Waals surface area contributed by atoms with Gasteiger partial charge < -0.3 is 9.84 Å². The largest absolute Gasteiger partial charge is 0.457 e. The first-order chi connectivity index (χ1) is 6.66. The molecule has 0 unspecified atom stereocenters. The van der Waals surface area contributed by atoms with Crippen LogP contribution in [0.4, 0.5) is 0 Å². The number of hydrogen-bond acceptors (Lipinski definition) is 3. The van der Waals surface area contributed by atoms with E-state index in [1.54, 1.807) is 19.1 Å². The molecule has 0 bridgehead atoms. The lowest BCUT2D eigenvalue weighted by Crippen LogP contribution is -2.06. The summed E-state index contributed by atoms with van der Waals surface area (Å²) in [5.74, 6) is -0.360. The van der Waals surface area contributed by atoms with Crippen LogP contribution < -0.4 is 0 Å². The molecule has 0 aromatic carbocycles. The first-order valence-corrected chi connectivity index (χ1v) is 4.54. The molecule has 0 saturated heterocycles. The number of carbonyl (C=O) groups is 1. The van der Waals surface area contributed by atoms with E-state index < -0.39 is 6.10 Å². The third-order valence-electron chi connectivity index (χ3n) is 2.00. The topological polar surface area (TPSA) is 46.5 Å². The Balaban J connectivity index is 2.89. The Morgan fingerprint density at radius 2 is 2.21 bits per heavy atom. The van der Waals surface area contributed by atoms with Crippen molar-refractivity contribution in [2.75, 3.05) is 6.61 Å². The fourth-order valence-electron chi connectivity index (χ4n) is 1.21. The van der Waals surface area contributed by atoms with Crippen LogP contribution in [0, 0.1) is 0 Å². The minimum absolute atomic E-state index is 0.200. The van der Waals surface area contributed by atoms with Gasteiger partial charge in [-0.2, -0.15) is 0 Å². The highest BCUT2D eigenvalue weighted by Crippen LogP contribution is 2.20. The third-order valence-corrected chi connectivity index (χ3v) is 2.00. The predicted molar refractivity (Wildman–Crippen MR) is 53.6 cm³/mol. The van der Waals surface area contributed by atoms with E-state index in [9.17, 15) is 9.90 Å². The molecule has 3 heteroatoms. The van der Waals surface area contributed by atoms with Gasteiger partial charge in [0.05, 0.1) is 11.7 Å². The molecule has 0 amide bonds. The van der Waals surface area contributed by atoms with Gasteiger partial charge in [0.15, 0.2) is 0 Å². The van der Waals surface area contributed by atoms with Crippen LogP contribution in [-0.2, 0) is 9.53 Å². The zero-order valence-corrected chi connectivity index (χ0v) is 8.36. The Hall–Kier alpha value is -1.35. The van der Waals surface area contributed by atoms with E-state index in [-0.39, 0.29) is 12.6 Å². The summed E-state index contributed by atoms with van der Waals surface area (Å²) < 4.78 is 4.82. The summed E-state index contributed by atoms with van der Waals surface area (Å²) in [6.07, 6.45) is 6.46. The Kier molecular flexibility index (Phi) is 3.65. The highest BCUT2D eigenvalue weighted by atomic mass is 16.5. The zero-order valence-electron chi connectivity index (χ0n) is 8.36. The second-order valence-electron chi connectivity index (χ2n) is 3.08. The number of ether oxygens (including phenoxy) is 1. The number of esters is 1. The van der Waals surface area contributed by atoms with Crippen molar-refractivity contribution in [2.45, 2.75) is 20.0 Å². The van der Waals surface area contributed by atoms with E-state index in [1.807, 2.05) is 19.1 Å². The van der Waals surface area contributed by atoms with E-state index >= 15 is 0 Å². The predicted octanol–water partition coefficient (Wildman–Crippen LogP) is 1.35. The maximum Gasteiger partial charge on any atom is 0.338 e. The minimum atomic E-state index is -0.633. The van der Waals surface area contributed by atoms with Crippen LogP contribution in [0.2, 0.25) is 0 Å². The van der Waals surface area contributed by atoms with Crippen molar-refractivity contribution in [3.8, 4) is 0 Å². The maximum atomic E-state index is 11.2. The van der Waals surface area contributed by atoms with Crippen LogP contribution in [0.5, 0.6) is 0 Å². The molecule has 3 nitrogen and oxygen atoms in total. The smallest absolute Gasteiger partial charge is 0.338 e. The van der Waals surface area contributed by atoms with Gasteiger partial charge in [-0.25, -0.2) is 4.79 Å². The van der Waals surface area contributed by atoms with Gasteiger partial charge in [0, 0.05) is 5.57 Å². The Bertz CT molecular complexity index is 308. The van der Waals surface area contributed by atoms with Gasteiger partial charge >= 0.3 is 5.97 Å². The Morgan fingerprint density at radius 3 is 2.79 bits per heavy atom. The van der Waals surface area contributed by atoms with Crippen molar-refractivity contribution in [3.05, 3.63) is 35.5 Å². The number of allylic oxidation sites excluding steroid dienone is 3. The van der Waals surface area contributed by atoms with Crippen LogP contribution >= 0.6 is 0 Å². The van der Waals surface area contributed by atoms with Gasteiger partial charge in [-0.1, -0.05) is 18.2 Å². The maximum absolute atomic E-state index is 11.2. The summed E-state index contributed by atoms with van der Waals surface area (Å²) in [4.78, 5) is 11.2. The van der Waals surface area contributed by atoms with Crippen molar-refractivity contribution in [2.24, 2.45) is 0 Å². The van der Waals surface area contributed by atoms with Gasteiger partial charge in [0.25, 0.3) is 0 Å². The van der Waals surface area contributed by atoms with Crippen LogP contribution in [0.1, 0.15) is 13.8 Å². The molecular formula is C11H14O3. The second kappa shape index (κ2) is 4.77. The first kappa shape index (κ1) is 10.7. The van der Waals surface area contributed by atoms with Gasteiger partial charge in [0.2, 0.25) is 0 Å². The zero-order chi connectivity index (χ0) is 10.6. The van der Waals surface area contributed by atoms with Gasteiger partial charge in [-0.3, -0.25) is 0 Å². The van der Waals surface area contributed by atoms with Crippen molar-refractivity contribution in [1.29, 1.82) is 0 Å². The lowest BCUT2D eigenvalue weighted by molar-refractivity contribution is -0.135. The molecule has 0 spiro atoms. The minimum Gasteiger partial charge on any atom is -0.457 e. The van der Waals surface area contributed by atoms with Crippen molar-refractivity contribution in [1.82, 2.24) is 0 Å². The molecule has 1 heterocycles. The van der Waals surface area contributed by atoms with Crippen LogP contribution in [0.3, 0.4) is 0 Å². The van der Waals surface area contributed by atoms with Crippen LogP contribution in [-0.4, -0.2) is 23.8 Å². The molecule has 1 rings (SSSR count). The molecular weight excluding hydrogens is 180 g/mol. The summed E-state index contributed by atoms with van der Waals surface area (Å²) in [5, 5.41) is 9.35. The third kappa shape index (κ3) is 2.33. The second-order valence-corrected chi connectivity index (χ2v) is 3.08. The Labute approximate surface area is 83.4 Å². The highest BCUT2D eigenvalue weighted by Gasteiger charge is 2.24. The molecule has 14 heavy (non-hydrogen) atoms. The summed E-state index contributed by atoms with van der Waals surface area (Å²) in [6, 6.07) is 0. The number of hydrogen-bond donors (Lipinski definition) is 1. The molecule has 0 aliphatic carbocycles. The molecule has 0 saturated carbocycles. The number of cyclic esters (lactones) is 1. The fourth-order valence-corrected chi connectivity index (χ4v) is 1.21. The average Bonchev–Trinajstić information content (AvgIpc) is 2.48. The molecule has 1 aliphatic rings. The highest BCUT2D eigenvalue weighted by molar-refractivity contribution is 5.95. The standard InChI is InChI=1S/C11H14O3/c1-3-4-5-6-9-10(8(2)12)7-14-11(9)13/h3-6,8,12H,7H2,1-2H3/b4-3+,6-5+/t8-/m1/s1. The molecule has 0 fully saturated rings. The van der Waals surface area contributed by atoms with Gasteiger partial charge in [-0.15, -0.1) is 0 Å². The van der Waals surface area contributed by atoms with E-state index in [0.717, 1.165) is 0 Å². The molecule has 76 valence electrons. The average molecular weight is 194 g/mol. The first-order valence-electron chi connectivity index (χ1n) is 4.54. The Morgan fingerprint density at radius 1 is 1.50 bits per heavy atom. The van der Waals surface area contributed by atoms with Gasteiger partial charge in [-0.05, 0) is 19.9 Å². The molecule has 0 aromatic rings. The molecule has 0 aromatic heterocycles. The van der Waals surface area contributed by atoms with Gasteiger partial charge in [0.1, 0.15) is 6.61 Å². The van der Waals surface area contributed by atoms with E-state index in [1.165, 1.54) is 0 Å². The monoisotopic (exact) mass is 194 g/mol. The van der Waals surface area contributed by atoms with Crippen molar-refractivity contribution < 1.29 is 14.6 Å². The number of rotatable bonds is 3. The molecule has 1 aliphatic heterocycles. The van der Waals surface area contributed by atoms with E-state index in [2.05, 4.69) is 0 Å². The van der Waals surface area contributed by atoms with Crippen molar-refractivity contribution >= 4 is 5.97 Å².